The molecule has 24 heteroatoms. The number of primary amides is 1. The molecule has 20 N–H and O–H groups in total. The van der Waals surface area contributed by atoms with Crippen LogP contribution in [0.2, 0.25) is 0 Å². The number of carbonyl (C=O) groups is 7. The quantitative estimate of drug-likeness (QED) is 0.0174. The Labute approximate surface area is 450 Å². The van der Waals surface area contributed by atoms with Crippen LogP contribution in [0.4, 0.5) is 0 Å². The average molecular weight is 1080 g/mol. The molecule has 0 unspecified atom stereocenters. The molecule has 78 heavy (non-hydrogen) atoms. The number of nitrogens with two attached hydrogens (primary N) is 5. The minimum atomic E-state index is -1.48. The number of guanidine groups is 2. The maximum absolute atomic E-state index is 14.8. The monoisotopic (exact) mass is 1070 g/mol. The first-order valence-corrected chi connectivity index (χ1v) is 25.2. The zero-order valence-corrected chi connectivity index (χ0v) is 43.7. The van der Waals surface area contributed by atoms with Gasteiger partial charge in [0.15, 0.2) is 11.9 Å². The molecule has 0 aliphatic carbocycles. The predicted octanol–water partition coefficient (Wildman–Crippen LogP) is -0.307. The van der Waals surface area contributed by atoms with E-state index in [0.717, 1.165) is 10.9 Å². The summed E-state index contributed by atoms with van der Waals surface area (Å²) in [6, 6.07) is 13.9. The second-order valence-electron chi connectivity index (χ2n) is 18.9. The second kappa shape index (κ2) is 28.5. The number of aromatic amines is 1. The maximum atomic E-state index is 14.8. The van der Waals surface area contributed by atoms with Crippen LogP contribution in [0.3, 0.4) is 0 Å². The second-order valence-corrected chi connectivity index (χ2v) is 18.9. The van der Waals surface area contributed by atoms with Crippen LogP contribution in [0.25, 0.3) is 10.9 Å². The molecule has 7 amide bonds. The van der Waals surface area contributed by atoms with Crippen molar-refractivity contribution in [1.82, 2.24) is 36.9 Å². The zero-order valence-electron chi connectivity index (χ0n) is 43.7. The number of rotatable bonds is 28. The number of benzene rings is 4. The molecular weight excluding hydrogens is 1000 g/mol. The first-order chi connectivity index (χ1) is 37.1. The number of aromatic nitrogens is 1. The number of carbonyl (C=O) groups excluding carboxylic acids is 7. The van der Waals surface area contributed by atoms with Gasteiger partial charge in [0.2, 0.25) is 41.4 Å². The fourth-order valence-electron chi connectivity index (χ4n) is 8.76. The van der Waals surface area contributed by atoms with Crippen molar-refractivity contribution in [2.75, 3.05) is 13.1 Å². The van der Waals surface area contributed by atoms with Crippen molar-refractivity contribution in [3.05, 3.63) is 125 Å². The lowest BCUT2D eigenvalue weighted by Crippen LogP contribution is -2.60. The van der Waals surface area contributed by atoms with E-state index in [2.05, 4.69) is 46.9 Å². The van der Waals surface area contributed by atoms with Crippen molar-refractivity contribution >= 4 is 64.2 Å². The van der Waals surface area contributed by atoms with Crippen molar-refractivity contribution in [3.63, 3.8) is 0 Å². The van der Waals surface area contributed by atoms with E-state index in [1.807, 2.05) is 18.2 Å². The van der Waals surface area contributed by atoms with Gasteiger partial charge in [-0.3, -0.25) is 43.5 Å². The summed E-state index contributed by atoms with van der Waals surface area (Å²) in [7, 11) is 0. The van der Waals surface area contributed by atoms with Crippen LogP contribution in [0.5, 0.6) is 17.2 Å². The molecule has 4 aromatic carbocycles. The number of phenols is 3. The van der Waals surface area contributed by atoms with Crippen molar-refractivity contribution in [2.24, 2.45) is 38.7 Å². The summed E-state index contributed by atoms with van der Waals surface area (Å²) in [4.78, 5) is 109. The third kappa shape index (κ3) is 18.5. The molecule has 0 aliphatic rings. The molecule has 0 fully saturated rings. The summed E-state index contributed by atoms with van der Waals surface area (Å²) in [6.07, 6.45) is 1.52. The van der Waals surface area contributed by atoms with E-state index >= 15 is 0 Å². The van der Waals surface area contributed by atoms with Gasteiger partial charge in [-0.05, 0) is 115 Å². The lowest BCUT2D eigenvalue weighted by atomic mass is 9.95. The average Bonchev–Trinajstić information content (AvgIpc) is 3.80. The van der Waals surface area contributed by atoms with Crippen molar-refractivity contribution in [1.29, 1.82) is 0 Å². The van der Waals surface area contributed by atoms with E-state index in [-0.39, 0.29) is 93.6 Å². The highest BCUT2D eigenvalue weighted by molar-refractivity contribution is 5.97. The molecule has 1 aromatic heterocycles. The number of aliphatic imine (C=N–C) groups is 2. The van der Waals surface area contributed by atoms with Gasteiger partial charge in [-0.15, -0.1) is 0 Å². The van der Waals surface area contributed by atoms with Gasteiger partial charge in [-0.2, -0.15) is 0 Å². The van der Waals surface area contributed by atoms with E-state index in [0.29, 0.717) is 33.4 Å². The van der Waals surface area contributed by atoms with Crippen LogP contribution in [-0.2, 0) is 59.2 Å². The third-order valence-electron chi connectivity index (χ3n) is 12.7. The molecule has 5 aromatic rings. The van der Waals surface area contributed by atoms with Crippen LogP contribution >= 0.6 is 0 Å². The lowest BCUT2D eigenvalue weighted by molar-refractivity contribution is -0.135. The molecule has 0 spiro atoms. The molecule has 0 bridgehead atoms. The number of amides is 7. The first kappa shape index (κ1) is 59.5. The fraction of sp³-hybridized carbons (Fsp3) is 0.352. The standard InChI is InChI=1S/C54H70N14O10/c1-29-22-37(72)23-30(2)39(29)27-46(63-31(3)69)52(78)67-44(25-33-14-18-36(71)19-15-33)50(76)66-43(24-32-12-16-35(70)17-13-32)49(75)65-42(11-7-21-61-54(58)59)48(74)68-45(26-34-28-62-40-9-5-4-8-38(34)40)51(77)64-41(47(55)73)10-6-20-60-53(56)57/h4-5,8-9,12-19,22-23,28,41-46,62,70-72H,6-7,10-11,20-21,24-27H2,1-3H3,(H2,55,73)(H,63,69)(H,64,77)(H,65,75)(H,66,76)(H,67,78)(H,68,74)(H4,56,57,60)(H4,58,59,61)/t41-,42-,43-,44-,45-,46-/m0/s1. The lowest BCUT2D eigenvalue weighted by Gasteiger charge is -2.28. The van der Waals surface area contributed by atoms with Gasteiger partial charge in [0.1, 0.15) is 53.5 Å². The van der Waals surface area contributed by atoms with Crippen LogP contribution in [0.15, 0.2) is 101 Å². The van der Waals surface area contributed by atoms with E-state index in [1.165, 1.54) is 67.6 Å². The van der Waals surface area contributed by atoms with Crippen molar-refractivity contribution in [2.45, 2.75) is 108 Å². The minimum absolute atomic E-state index is 0.0148. The number of H-pyrrole nitrogens is 1. The van der Waals surface area contributed by atoms with E-state index < -0.39 is 77.6 Å². The van der Waals surface area contributed by atoms with Gasteiger partial charge in [-0.25, -0.2) is 0 Å². The van der Waals surface area contributed by atoms with Crippen LogP contribution in [0, 0.1) is 13.8 Å². The highest BCUT2D eigenvalue weighted by Crippen LogP contribution is 2.23. The van der Waals surface area contributed by atoms with Gasteiger partial charge in [0.05, 0.1) is 0 Å². The Morgan fingerprint density at radius 1 is 0.513 bits per heavy atom. The molecule has 0 radical (unpaired) electrons. The number of aryl methyl sites for hydroxylation is 2. The molecule has 0 aliphatic heterocycles. The Bertz CT molecular complexity index is 2950. The number of hydrogen-bond acceptors (Lipinski definition) is 12. The molecule has 0 saturated carbocycles. The minimum Gasteiger partial charge on any atom is -0.508 e. The van der Waals surface area contributed by atoms with E-state index in [1.54, 1.807) is 26.1 Å². The number of phenolic OH excluding ortho intramolecular Hbond substituents is 3. The summed E-state index contributed by atoms with van der Waals surface area (Å²) in [5.74, 6) is -6.02. The van der Waals surface area contributed by atoms with E-state index in [9.17, 15) is 48.9 Å². The SMILES string of the molecule is CC(=O)N[C@@H](Cc1c(C)cc(O)cc1C)C(=O)N[C@@H](Cc1ccc(O)cc1)C(=O)N[C@@H](Cc1ccc(O)cc1)C(=O)N[C@@H](CCCN=C(N)N)C(=O)N[C@@H](Cc1c[nH]c2ccccc12)C(=O)N[C@@H](CCCN=C(N)N)C(N)=O. The Hall–Kier alpha value is -9.35. The summed E-state index contributed by atoms with van der Waals surface area (Å²) in [5.41, 5.74) is 32.1. The number of nitrogens with zero attached hydrogens (tertiary/aromatic N) is 2. The number of aromatic hydroxyl groups is 3. The number of nitrogens with one attached hydrogen (secondary N) is 7. The molecule has 0 saturated heterocycles. The van der Waals surface area contributed by atoms with Crippen molar-refractivity contribution in [3.8, 4) is 17.2 Å². The summed E-state index contributed by atoms with van der Waals surface area (Å²) in [5, 5.41) is 47.4. The number of fused-ring (bicyclic) bond motifs is 1. The van der Waals surface area contributed by atoms with Crippen LogP contribution in [-0.4, -0.2) is 123 Å². The van der Waals surface area contributed by atoms with Gasteiger partial charge >= 0.3 is 0 Å². The molecule has 24 nitrogen and oxygen atoms in total. The summed E-state index contributed by atoms with van der Waals surface area (Å²) >= 11 is 0. The fourth-order valence-corrected chi connectivity index (χ4v) is 8.76. The van der Waals surface area contributed by atoms with Crippen LogP contribution in [0.1, 0.15) is 66.0 Å². The Balaban J connectivity index is 1.49. The van der Waals surface area contributed by atoms with Crippen molar-refractivity contribution < 1.29 is 48.9 Å². The van der Waals surface area contributed by atoms with Gasteiger partial charge in [0.25, 0.3) is 0 Å². The number of para-hydroxylation sites is 1. The first-order valence-electron chi connectivity index (χ1n) is 25.2. The largest absolute Gasteiger partial charge is 0.508 e. The zero-order chi connectivity index (χ0) is 57.1. The Kier molecular flexibility index (Phi) is 21.8. The maximum Gasteiger partial charge on any atom is 0.243 e. The smallest absolute Gasteiger partial charge is 0.243 e. The normalized spacial score (nSPS) is 13.3. The topological polar surface area (TPSA) is 423 Å². The molecule has 6 atom stereocenters. The van der Waals surface area contributed by atoms with E-state index in [4.69, 9.17) is 28.7 Å². The highest BCUT2D eigenvalue weighted by atomic mass is 16.3. The third-order valence-corrected chi connectivity index (χ3v) is 12.7. The summed E-state index contributed by atoms with van der Waals surface area (Å²) < 4.78 is 0. The number of hydrogen-bond donors (Lipinski definition) is 15. The Morgan fingerprint density at radius 2 is 0.923 bits per heavy atom. The summed E-state index contributed by atoms with van der Waals surface area (Å²) in [6.45, 7) is 4.89. The molecular formula is C54H70N14O10. The molecule has 5 rings (SSSR count). The molecule has 416 valence electrons. The van der Waals surface area contributed by atoms with Crippen LogP contribution < -0.4 is 60.6 Å². The van der Waals surface area contributed by atoms with Gasteiger partial charge in [-0.1, -0.05) is 42.5 Å². The molecule has 1 heterocycles. The van der Waals surface area contributed by atoms with Gasteiger partial charge in [0, 0.05) is 62.8 Å². The predicted molar refractivity (Wildman–Crippen MR) is 293 cm³/mol. The highest BCUT2D eigenvalue weighted by Gasteiger charge is 2.34. The van der Waals surface area contributed by atoms with Gasteiger partial charge < -0.3 is 80.9 Å². The Morgan fingerprint density at radius 3 is 1.38 bits per heavy atom.